The van der Waals surface area contributed by atoms with Crippen LogP contribution in [0.1, 0.15) is 34.6 Å². The van der Waals surface area contributed by atoms with Crippen molar-refractivity contribution in [2.24, 2.45) is 4.99 Å². The third kappa shape index (κ3) is 4.66. The van der Waals surface area contributed by atoms with Crippen LogP contribution in [0, 0.1) is 0 Å². The van der Waals surface area contributed by atoms with Crippen LogP contribution in [0.5, 0.6) is 5.88 Å². The monoisotopic (exact) mass is 497 g/mol. The first kappa shape index (κ1) is 23.5. The molecule has 0 bridgehead atoms. The van der Waals surface area contributed by atoms with Crippen LogP contribution in [-0.4, -0.2) is 33.9 Å². The third-order valence-corrected chi connectivity index (χ3v) is 6.33. The van der Waals surface area contributed by atoms with Gasteiger partial charge in [0.05, 0.1) is 27.8 Å². The Morgan fingerprint density at radius 3 is 2.79 bits per heavy atom. The van der Waals surface area contributed by atoms with Crippen molar-refractivity contribution in [3.63, 3.8) is 0 Å². The molecular formula is C24H20ClN3O5S. The number of benzene rings is 2. The van der Waals surface area contributed by atoms with Crippen molar-refractivity contribution in [2.45, 2.75) is 20.4 Å². The SMILES string of the molecule is CCOC(=O)c1cc(NC(=O)Cn2c(O)c(C=C3C(C)=Nc4ccccc43)sc2=O)ccc1Cl. The van der Waals surface area contributed by atoms with E-state index >= 15 is 0 Å². The number of rotatable bonds is 6. The molecule has 2 N–H and O–H groups in total. The maximum atomic E-state index is 12.6. The number of carbonyl (C=O) groups is 2. The first-order valence-corrected chi connectivity index (χ1v) is 11.5. The third-order valence-electron chi connectivity index (χ3n) is 5.09. The molecule has 0 fully saturated rings. The molecule has 1 amide bonds. The Kier molecular flexibility index (Phi) is 6.67. The molecular weight excluding hydrogens is 478 g/mol. The lowest BCUT2D eigenvalue weighted by atomic mass is 10.0. The molecule has 8 nitrogen and oxygen atoms in total. The van der Waals surface area contributed by atoms with Gasteiger partial charge in [0.15, 0.2) is 0 Å². The Balaban J connectivity index is 1.55. The molecule has 0 radical (unpaired) electrons. The van der Waals surface area contributed by atoms with Crippen molar-refractivity contribution < 1.29 is 19.4 Å². The molecule has 0 saturated carbocycles. The number of anilines is 1. The smallest absolute Gasteiger partial charge is 0.339 e. The van der Waals surface area contributed by atoms with Crippen LogP contribution in [-0.2, 0) is 16.1 Å². The minimum absolute atomic E-state index is 0.111. The van der Waals surface area contributed by atoms with Gasteiger partial charge in [0.2, 0.25) is 11.8 Å². The predicted octanol–water partition coefficient (Wildman–Crippen LogP) is 4.73. The second-order valence-corrected chi connectivity index (χ2v) is 8.78. The molecule has 1 aliphatic heterocycles. The summed E-state index contributed by atoms with van der Waals surface area (Å²) >= 11 is 6.88. The molecule has 1 aromatic heterocycles. The average Bonchev–Trinajstić information content (AvgIpc) is 3.25. The fourth-order valence-corrected chi connectivity index (χ4v) is 4.53. The van der Waals surface area contributed by atoms with E-state index in [2.05, 4.69) is 10.3 Å². The van der Waals surface area contributed by atoms with Crippen molar-refractivity contribution in [2.75, 3.05) is 11.9 Å². The number of halogens is 1. The summed E-state index contributed by atoms with van der Waals surface area (Å²) in [5.41, 5.74) is 3.71. The maximum absolute atomic E-state index is 12.6. The number of hydrogen-bond donors (Lipinski definition) is 2. The number of para-hydroxylation sites is 1. The molecule has 0 saturated heterocycles. The van der Waals surface area contributed by atoms with Crippen LogP contribution in [0.25, 0.3) is 11.6 Å². The molecule has 2 aromatic carbocycles. The number of nitrogens with one attached hydrogen (secondary N) is 1. The van der Waals surface area contributed by atoms with Gasteiger partial charge in [0.25, 0.3) is 0 Å². The van der Waals surface area contributed by atoms with Crippen LogP contribution < -0.4 is 10.2 Å². The van der Waals surface area contributed by atoms with Gasteiger partial charge in [-0.3, -0.25) is 19.1 Å². The summed E-state index contributed by atoms with van der Waals surface area (Å²) in [7, 11) is 0. The number of hydrogen-bond acceptors (Lipinski definition) is 7. The van der Waals surface area contributed by atoms with Gasteiger partial charge in [0, 0.05) is 22.5 Å². The Bertz CT molecular complexity index is 1420. The molecule has 3 aromatic rings. The molecule has 10 heteroatoms. The number of aromatic hydroxyl groups is 1. The van der Waals surface area contributed by atoms with Crippen molar-refractivity contribution >= 4 is 63.5 Å². The summed E-state index contributed by atoms with van der Waals surface area (Å²) in [6.45, 7) is 3.30. The standard InChI is InChI=1S/C24H20ClN3O5S/c1-3-33-23(31)17-10-14(8-9-18(17)25)27-21(29)12-28-22(30)20(34-24(28)32)11-16-13(2)26-19-7-5-4-6-15(16)19/h4-11,30H,3,12H2,1-2H3,(H,27,29). The molecule has 174 valence electrons. The lowest BCUT2D eigenvalue weighted by molar-refractivity contribution is -0.116. The lowest BCUT2D eigenvalue weighted by Gasteiger charge is -2.09. The number of thiazole rings is 1. The van der Waals surface area contributed by atoms with Gasteiger partial charge in [-0.15, -0.1) is 0 Å². The Labute approximate surface area is 203 Å². The van der Waals surface area contributed by atoms with Gasteiger partial charge in [-0.25, -0.2) is 4.79 Å². The van der Waals surface area contributed by atoms with Crippen LogP contribution in [0.4, 0.5) is 11.4 Å². The molecule has 2 heterocycles. The van der Waals surface area contributed by atoms with Crippen molar-refractivity contribution in [1.29, 1.82) is 0 Å². The number of ether oxygens (including phenoxy) is 1. The topological polar surface area (TPSA) is 110 Å². The second kappa shape index (κ2) is 9.66. The van der Waals surface area contributed by atoms with E-state index in [0.29, 0.717) is 10.6 Å². The van der Waals surface area contributed by atoms with Crippen LogP contribution in [0.3, 0.4) is 0 Å². The number of aliphatic imine (C=N–C) groups is 1. The van der Waals surface area contributed by atoms with E-state index in [9.17, 15) is 19.5 Å². The molecule has 0 aliphatic carbocycles. The summed E-state index contributed by atoms with van der Waals surface area (Å²) < 4.78 is 5.94. The zero-order chi connectivity index (χ0) is 24.4. The number of esters is 1. The van der Waals surface area contributed by atoms with Crippen LogP contribution >= 0.6 is 22.9 Å². The van der Waals surface area contributed by atoms with Gasteiger partial charge in [0.1, 0.15) is 6.54 Å². The van der Waals surface area contributed by atoms with Crippen molar-refractivity contribution in [1.82, 2.24) is 4.57 Å². The second-order valence-electron chi connectivity index (χ2n) is 7.38. The number of fused-ring (bicyclic) bond motifs is 1. The highest BCUT2D eigenvalue weighted by atomic mass is 35.5. The molecule has 0 spiro atoms. The number of amides is 1. The number of carbonyl (C=O) groups excluding carboxylic acids is 2. The van der Waals surface area contributed by atoms with Gasteiger partial charge in [-0.1, -0.05) is 41.1 Å². The highest BCUT2D eigenvalue weighted by Crippen LogP contribution is 2.37. The minimum atomic E-state index is -0.611. The van der Waals surface area contributed by atoms with E-state index in [1.807, 2.05) is 31.2 Å². The van der Waals surface area contributed by atoms with Gasteiger partial charge < -0.3 is 15.2 Å². The van der Waals surface area contributed by atoms with Crippen LogP contribution in [0.2, 0.25) is 5.02 Å². The highest BCUT2D eigenvalue weighted by Gasteiger charge is 2.21. The predicted molar refractivity (Wildman–Crippen MR) is 133 cm³/mol. The fourth-order valence-electron chi connectivity index (χ4n) is 3.51. The molecule has 0 unspecified atom stereocenters. The fraction of sp³-hybridized carbons (Fsp3) is 0.167. The first-order valence-electron chi connectivity index (χ1n) is 10.3. The summed E-state index contributed by atoms with van der Waals surface area (Å²) in [4.78, 5) is 41.5. The largest absolute Gasteiger partial charge is 0.493 e. The highest BCUT2D eigenvalue weighted by molar-refractivity contribution is 7.10. The minimum Gasteiger partial charge on any atom is -0.493 e. The number of nitrogens with zero attached hydrogens (tertiary/aromatic N) is 2. The van der Waals surface area contributed by atoms with Crippen molar-refractivity contribution in [3.05, 3.63) is 73.2 Å². The van der Waals surface area contributed by atoms with Crippen LogP contribution in [0.15, 0.2) is 52.3 Å². The Hall–Kier alpha value is -3.69. The quantitative estimate of drug-likeness (QED) is 0.478. The number of aromatic nitrogens is 1. The van der Waals surface area contributed by atoms with E-state index in [1.165, 1.54) is 18.2 Å². The molecule has 4 rings (SSSR count). The van der Waals surface area contributed by atoms with E-state index < -0.39 is 23.3 Å². The molecule has 34 heavy (non-hydrogen) atoms. The zero-order valence-corrected chi connectivity index (χ0v) is 19.9. The summed E-state index contributed by atoms with van der Waals surface area (Å²) in [5, 5.41) is 13.5. The average molecular weight is 498 g/mol. The number of allylic oxidation sites excluding steroid dienone is 1. The molecule has 0 atom stereocenters. The normalized spacial score (nSPS) is 13.5. The Morgan fingerprint density at radius 1 is 1.26 bits per heavy atom. The van der Waals surface area contributed by atoms with E-state index in [4.69, 9.17) is 16.3 Å². The Morgan fingerprint density at radius 2 is 2.03 bits per heavy atom. The summed E-state index contributed by atoms with van der Waals surface area (Å²) in [5.74, 6) is -1.48. The van der Waals surface area contributed by atoms with Gasteiger partial charge >= 0.3 is 10.8 Å². The van der Waals surface area contributed by atoms with Gasteiger partial charge in [-0.2, -0.15) is 0 Å². The lowest BCUT2D eigenvalue weighted by Crippen LogP contribution is -2.24. The van der Waals surface area contributed by atoms with Crippen molar-refractivity contribution in [3.8, 4) is 5.88 Å². The van der Waals surface area contributed by atoms with E-state index in [1.54, 1.807) is 13.0 Å². The maximum Gasteiger partial charge on any atom is 0.339 e. The van der Waals surface area contributed by atoms with E-state index in [-0.39, 0.29) is 23.1 Å². The summed E-state index contributed by atoms with van der Waals surface area (Å²) in [6, 6.07) is 12.0. The molecule has 1 aliphatic rings. The van der Waals surface area contributed by atoms with Gasteiger partial charge in [-0.05, 0) is 44.2 Å². The zero-order valence-electron chi connectivity index (χ0n) is 18.3. The summed E-state index contributed by atoms with van der Waals surface area (Å²) in [6.07, 6.45) is 1.70. The first-order chi connectivity index (χ1) is 16.3. The van der Waals surface area contributed by atoms with E-state index in [0.717, 1.165) is 38.4 Å².